The maximum atomic E-state index is 13.1. The second-order valence-corrected chi connectivity index (χ2v) is 4.81. The van der Waals surface area contributed by atoms with E-state index in [1.807, 2.05) is 0 Å². The third-order valence-electron chi connectivity index (χ3n) is 2.44. The molecule has 0 fully saturated rings. The zero-order valence-electron chi connectivity index (χ0n) is 9.87. The van der Waals surface area contributed by atoms with Gasteiger partial charge in [-0.25, -0.2) is 4.39 Å². The van der Waals surface area contributed by atoms with Gasteiger partial charge in [-0.2, -0.15) is 13.2 Å². The van der Waals surface area contributed by atoms with Gasteiger partial charge in [0.15, 0.2) is 0 Å². The summed E-state index contributed by atoms with van der Waals surface area (Å²) in [6.07, 6.45) is -3.30. The summed E-state index contributed by atoms with van der Waals surface area (Å²) < 4.78 is 50.6. The lowest BCUT2D eigenvalue weighted by molar-refractivity contribution is -0.140. The second kappa shape index (κ2) is 5.58. The van der Waals surface area contributed by atoms with Gasteiger partial charge < -0.3 is 5.32 Å². The Morgan fingerprint density at radius 2 is 2.10 bits per heavy atom. The molecule has 2 rings (SSSR count). The molecule has 0 radical (unpaired) electrons. The van der Waals surface area contributed by atoms with Gasteiger partial charge in [0.1, 0.15) is 5.82 Å². The first-order valence-electron chi connectivity index (χ1n) is 5.40. The maximum Gasteiger partial charge on any atom is 0.419 e. The first-order chi connectivity index (χ1) is 9.38. The molecule has 0 aliphatic heterocycles. The standard InChI is InChI=1S/C12H8F4N2OS/c13-10-2-1-7(3-9(10)12(14,15)16)11(19)18-5-8-4-17-6-20-8/h1-4,6H,5H2,(H,18,19). The highest BCUT2D eigenvalue weighted by atomic mass is 32.1. The monoisotopic (exact) mass is 304 g/mol. The summed E-state index contributed by atoms with van der Waals surface area (Å²) in [5, 5.41) is 2.44. The Morgan fingerprint density at radius 3 is 2.70 bits per heavy atom. The molecule has 1 N–H and O–H groups in total. The van der Waals surface area contributed by atoms with Gasteiger partial charge in [-0.3, -0.25) is 9.78 Å². The molecule has 20 heavy (non-hydrogen) atoms. The smallest absolute Gasteiger partial charge is 0.347 e. The maximum absolute atomic E-state index is 13.1. The average molecular weight is 304 g/mol. The van der Waals surface area contributed by atoms with E-state index in [0.29, 0.717) is 12.1 Å². The molecular weight excluding hydrogens is 296 g/mol. The minimum absolute atomic E-state index is 0.155. The van der Waals surface area contributed by atoms with E-state index in [-0.39, 0.29) is 12.1 Å². The number of amides is 1. The minimum Gasteiger partial charge on any atom is -0.347 e. The van der Waals surface area contributed by atoms with Gasteiger partial charge in [0.05, 0.1) is 17.6 Å². The van der Waals surface area contributed by atoms with E-state index >= 15 is 0 Å². The quantitative estimate of drug-likeness (QED) is 0.885. The van der Waals surface area contributed by atoms with Crippen LogP contribution in [0, 0.1) is 5.82 Å². The summed E-state index contributed by atoms with van der Waals surface area (Å²) >= 11 is 1.30. The van der Waals surface area contributed by atoms with E-state index in [1.54, 1.807) is 5.51 Å². The molecule has 2 aromatic rings. The molecule has 0 atom stereocenters. The molecular formula is C12H8F4N2OS. The summed E-state index contributed by atoms with van der Waals surface area (Å²) in [5.41, 5.74) is -0.132. The zero-order chi connectivity index (χ0) is 14.8. The lowest BCUT2D eigenvalue weighted by atomic mass is 10.1. The summed E-state index contributed by atoms with van der Waals surface area (Å²) in [4.78, 5) is 16.3. The van der Waals surface area contributed by atoms with Crippen LogP contribution in [0.2, 0.25) is 0 Å². The van der Waals surface area contributed by atoms with Crippen molar-refractivity contribution >= 4 is 17.2 Å². The molecule has 0 unspecified atom stereocenters. The SMILES string of the molecule is O=C(NCc1cncs1)c1ccc(F)c(C(F)(F)F)c1. The summed E-state index contributed by atoms with van der Waals surface area (Å²) in [5.74, 6) is -2.11. The Hall–Kier alpha value is -1.96. The van der Waals surface area contributed by atoms with Crippen LogP contribution in [0.25, 0.3) is 0 Å². The largest absolute Gasteiger partial charge is 0.419 e. The number of benzene rings is 1. The molecule has 8 heteroatoms. The van der Waals surface area contributed by atoms with Gasteiger partial charge in [-0.1, -0.05) is 0 Å². The predicted octanol–water partition coefficient (Wildman–Crippen LogP) is 3.23. The number of carbonyl (C=O) groups excluding carboxylic acids is 1. The number of carbonyl (C=O) groups is 1. The molecule has 1 amide bonds. The lowest BCUT2D eigenvalue weighted by Crippen LogP contribution is -2.23. The Balaban J connectivity index is 2.14. The van der Waals surface area contributed by atoms with Crippen LogP contribution in [0.5, 0.6) is 0 Å². The normalized spacial score (nSPS) is 11.4. The second-order valence-electron chi connectivity index (χ2n) is 3.84. The van der Waals surface area contributed by atoms with Crippen LogP contribution in [-0.2, 0) is 12.7 Å². The zero-order valence-corrected chi connectivity index (χ0v) is 10.7. The number of aromatic nitrogens is 1. The Bertz CT molecular complexity index is 610. The summed E-state index contributed by atoms with van der Waals surface area (Å²) in [6, 6.07) is 2.13. The fourth-order valence-corrected chi connectivity index (χ4v) is 2.02. The number of hydrogen-bond acceptors (Lipinski definition) is 3. The Labute approximate surface area is 115 Å². The third kappa shape index (κ3) is 3.32. The van der Waals surface area contributed by atoms with Crippen molar-refractivity contribution in [1.29, 1.82) is 0 Å². The highest BCUT2D eigenvalue weighted by Gasteiger charge is 2.34. The number of alkyl halides is 3. The van der Waals surface area contributed by atoms with Gasteiger partial charge in [0.25, 0.3) is 5.91 Å². The van der Waals surface area contributed by atoms with Crippen LogP contribution in [-0.4, -0.2) is 10.9 Å². The van der Waals surface area contributed by atoms with E-state index < -0.39 is 23.5 Å². The molecule has 3 nitrogen and oxygen atoms in total. The molecule has 1 aromatic heterocycles. The fourth-order valence-electron chi connectivity index (χ4n) is 1.48. The number of thiazole rings is 1. The molecule has 0 saturated carbocycles. The number of nitrogens with zero attached hydrogens (tertiary/aromatic N) is 1. The Kier molecular flexibility index (Phi) is 4.03. The van der Waals surface area contributed by atoms with Crippen molar-refractivity contribution in [2.75, 3.05) is 0 Å². The van der Waals surface area contributed by atoms with E-state index in [4.69, 9.17) is 0 Å². The van der Waals surface area contributed by atoms with Crippen molar-refractivity contribution in [3.63, 3.8) is 0 Å². The van der Waals surface area contributed by atoms with Gasteiger partial charge in [0, 0.05) is 16.6 Å². The van der Waals surface area contributed by atoms with E-state index in [9.17, 15) is 22.4 Å². The average Bonchev–Trinajstić information content (AvgIpc) is 2.88. The van der Waals surface area contributed by atoms with Crippen molar-refractivity contribution in [3.05, 3.63) is 51.7 Å². The Morgan fingerprint density at radius 1 is 1.35 bits per heavy atom. The number of hydrogen-bond donors (Lipinski definition) is 1. The topological polar surface area (TPSA) is 42.0 Å². The molecule has 0 saturated heterocycles. The predicted molar refractivity (Wildman–Crippen MR) is 64.7 cm³/mol. The fraction of sp³-hybridized carbons (Fsp3) is 0.167. The number of nitrogens with one attached hydrogen (secondary N) is 1. The molecule has 0 bridgehead atoms. The van der Waals surface area contributed by atoms with Crippen molar-refractivity contribution < 1.29 is 22.4 Å². The van der Waals surface area contributed by atoms with Crippen LogP contribution in [0.15, 0.2) is 29.9 Å². The van der Waals surface area contributed by atoms with Crippen molar-refractivity contribution in [2.24, 2.45) is 0 Å². The molecule has 0 aliphatic rings. The summed E-state index contributed by atoms with van der Waals surface area (Å²) in [6.45, 7) is 0.155. The number of halogens is 4. The lowest BCUT2D eigenvalue weighted by Gasteiger charge is -2.10. The van der Waals surface area contributed by atoms with Gasteiger partial charge in [0.2, 0.25) is 0 Å². The summed E-state index contributed by atoms with van der Waals surface area (Å²) in [7, 11) is 0. The van der Waals surface area contributed by atoms with Crippen LogP contribution >= 0.6 is 11.3 Å². The van der Waals surface area contributed by atoms with E-state index in [1.165, 1.54) is 17.5 Å². The minimum atomic E-state index is -4.84. The van der Waals surface area contributed by atoms with Crippen LogP contribution in [0.4, 0.5) is 17.6 Å². The van der Waals surface area contributed by atoms with Gasteiger partial charge in [-0.05, 0) is 18.2 Å². The van der Waals surface area contributed by atoms with Crippen molar-refractivity contribution in [2.45, 2.75) is 12.7 Å². The number of rotatable bonds is 3. The molecule has 0 spiro atoms. The van der Waals surface area contributed by atoms with E-state index in [0.717, 1.165) is 10.9 Å². The van der Waals surface area contributed by atoms with Crippen molar-refractivity contribution in [3.8, 4) is 0 Å². The van der Waals surface area contributed by atoms with Crippen LogP contribution in [0.1, 0.15) is 20.8 Å². The molecule has 1 aromatic carbocycles. The molecule has 106 valence electrons. The third-order valence-corrected chi connectivity index (χ3v) is 3.22. The molecule has 0 aliphatic carbocycles. The first-order valence-corrected chi connectivity index (χ1v) is 6.28. The van der Waals surface area contributed by atoms with Gasteiger partial charge >= 0.3 is 6.18 Å². The van der Waals surface area contributed by atoms with Gasteiger partial charge in [-0.15, -0.1) is 11.3 Å². The van der Waals surface area contributed by atoms with Crippen LogP contribution in [0.3, 0.4) is 0 Å². The van der Waals surface area contributed by atoms with Crippen LogP contribution < -0.4 is 5.32 Å². The first kappa shape index (κ1) is 14.4. The molecule has 1 heterocycles. The van der Waals surface area contributed by atoms with E-state index in [2.05, 4.69) is 10.3 Å². The van der Waals surface area contributed by atoms with Crippen molar-refractivity contribution in [1.82, 2.24) is 10.3 Å². The highest BCUT2D eigenvalue weighted by Crippen LogP contribution is 2.31. The highest BCUT2D eigenvalue weighted by molar-refractivity contribution is 7.09.